The molecule has 0 fully saturated rings. The lowest BCUT2D eigenvalue weighted by Crippen LogP contribution is -2.47. The van der Waals surface area contributed by atoms with Crippen molar-refractivity contribution in [3.8, 4) is 11.3 Å². The summed E-state index contributed by atoms with van der Waals surface area (Å²) in [7, 11) is 0. The lowest BCUT2D eigenvalue weighted by atomic mass is 10.0. The van der Waals surface area contributed by atoms with Crippen molar-refractivity contribution in [2.75, 3.05) is 0 Å². The maximum Gasteiger partial charge on any atom is 0.287 e. The van der Waals surface area contributed by atoms with Crippen LogP contribution in [0.15, 0.2) is 54.9 Å². The number of benzene rings is 1. The molecule has 0 radical (unpaired) electrons. The van der Waals surface area contributed by atoms with Gasteiger partial charge < -0.3 is 11.1 Å². The van der Waals surface area contributed by atoms with E-state index in [-0.39, 0.29) is 12.1 Å². The number of primary amides is 1. The number of hydrogen-bond donors (Lipinski definition) is 2. The van der Waals surface area contributed by atoms with Crippen LogP contribution in [-0.2, 0) is 16.0 Å². The molecule has 0 bridgehead atoms. The standard InChI is InChI=1S/C18H15N5O3S/c19-17(25)16(24)13(9-11-5-2-1-3-6-11)21-18(26)15-14(22-27-23-15)12-7-4-8-20-10-12/h1-8,10,13H,9H2,(H2,19,25)(H,21,26). The van der Waals surface area contributed by atoms with E-state index in [1.54, 1.807) is 48.8 Å². The molecule has 0 saturated carbocycles. The van der Waals surface area contributed by atoms with Gasteiger partial charge >= 0.3 is 0 Å². The zero-order chi connectivity index (χ0) is 19.2. The molecule has 0 aliphatic rings. The van der Waals surface area contributed by atoms with E-state index in [0.717, 1.165) is 17.3 Å². The summed E-state index contributed by atoms with van der Waals surface area (Å²) in [5.74, 6) is -2.60. The van der Waals surface area contributed by atoms with Crippen molar-refractivity contribution in [3.63, 3.8) is 0 Å². The van der Waals surface area contributed by atoms with E-state index in [9.17, 15) is 14.4 Å². The Morgan fingerprint density at radius 2 is 1.85 bits per heavy atom. The number of aromatic nitrogens is 3. The van der Waals surface area contributed by atoms with Crippen LogP contribution in [-0.4, -0.2) is 37.4 Å². The number of ketones is 1. The van der Waals surface area contributed by atoms with E-state index < -0.39 is 23.6 Å². The van der Waals surface area contributed by atoms with Crippen molar-refractivity contribution < 1.29 is 14.4 Å². The van der Waals surface area contributed by atoms with Gasteiger partial charge in [-0.05, 0) is 17.7 Å². The molecule has 8 nitrogen and oxygen atoms in total. The number of amides is 2. The second kappa shape index (κ2) is 8.28. The Labute approximate surface area is 158 Å². The molecule has 2 aromatic heterocycles. The molecule has 2 amide bonds. The van der Waals surface area contributed by atoms with E-state index in [1.165, 1.54) is 0 Å². The number of carbonyl (C=O) groups excluding carboxylic acids is 3. The number of Topliss-reactive ketones (excluding diaryl/α,β-unsaturated/α-hetero) is 1. The minimum atomic E-state index is -1.11. The average Bonchev–Trinajstić information content (AvgIpc) is 3.18. The number of hydrogen-bond acceptors (Lipinski definition) is 7. The lowest BCUT2D eigenvalue weighted by Gasteiger charge is -2.16. The van der Waals surface area contributed by atoms with Crippen molar-refractivity contribution in [3.05, 3.63) is 66.1 Å². The largest absolute Gasteiger partial charge is 0.363 e. The third kappa shape index (κ3) is 4.39. The predicted molar refractivity (Wildman–Crippen MR) is 98.7 cm³/mol. The van der Waals surface area contributed by atoms with E-state index in [0.29, 0.717) is 11.3 Å². The summed E-state index contributed by atoms with van der Waals surface area (Å²) in [5.41, 5.74) is 6.95. The van der Waals surface area contributed by atoms with Crippen LogP contribution < -0.4 is 11.1 Å². The Balaban J connectivity index is 1.84. The van der Waals surface area contributed by atoms with Crippen LogP contribution in [0.1, 0.15) is 16.1 Å². The summed E-state index contributed by atoms with van der Waals surface area (Å²) in [5, 5.41) is 2.55. The SMILES string of the molecule is NC(=O)C(=O)C(Cc1ccccc1)NC(=O)c1nsnc1-c1cccnc1. The van der Waals surface area contributed by atoms with E-state index in [2.05, 4.69) is 19.0 Å². The molecule has 0 spiro atoms. The maximum absolute atomic E-state index is 12.7. The zero-order valence-corrected chi connectivity index (χ0v) is 14.8. The average molecular weight is 381 g/mol. The molecule has 3 rings (SSSR count). The maximum atomic E-state index is 12.7. The topological polar surface area (TPSA) is 128 Å². The Morgan fingerprint density at radius 1 is 1.07 bits per heavy atom. The summed E-state index contributed by atoms with van der Waals surface area (Å²) >= 11 is 0.870. The summed E-state index contributed by atoms with van der Waals surface area (Å²) < 4.78 is 8.15. The fourth-order valence-corrected chi connectivity index (χ4v) is 3.05. The monoisotopic (exact) mass is 381 g/mol. The highest BCUT2D eigenvalue weighted by molar-refractivity contribution is 6.99. The molecule has 1 atom stereocenters. The van der Waals surface area contributed by atoms with Gasteiger partial charge in [0.15, 0.2) is 5.69 Å². The quantitative estimate of drug-likeness (QED) is 0.588. The molecular formula is C18H15N5O3S. The van der Waals surface area contributed by atoms with Gasteiger partial charge in [0.25, 0.3) is 11.8 Å². The Hall–Kier alpha value is -3.46. The van der Waals surface area contributed by atoms with Gasteiger partial charge in [0.05, 0.1) is 11.7 Å². The lowest BCUT2D eigenvalue weighted by molar-refractivity contribution is -0.137. The minimum absolute atomic E-state index is 0.0586. The summed E-state index contributed by atoms with van der Waals surface area (Å²) in [6.07, 6.45) is 3.29. The number of nitrogens with two attached hydrogens (primary N) is 1. The molecule has 2 heterocycles. The van der Waals surface area contributed by atoms with Crippen LogP contribution in [0.3, 0.4) is 0 Å². The first-order chi connectivity index (χ1) is 13.1. The van der Waals surface area contributed by atoms with Crippen LogP contribution in [0.5, 0.6) is 0 Å². The van der Waals surface area contributed by atoms with Crippen molar-refractivity contribution >= 4 is 29.3 Å². The second-order valence-corrected chi connectivity index (χ2v) is 6.18. The van der Waals surface area contributed by atoms with Crippen LogP contribution >= 0.6 is 11.7 Å². The number of carbonyl (C=O) groups is 3. The van der Waals surface area contributed by atoms with Crippen molar-refractivity contribution in [1.82, 2.24) is 19.0 Å². The minimum Gasteiger partial charge on any atom is -0.363 e. The predicted octanol–water partition coefficient (Wildman–Crippen LogP) is 0.996. The first kappa shape index (κ1) is 18.3. The molecule has 1 aromatic carbocycles. The second-order valence-electron chi connectivity index (χ2n) is 5.65. The van der Waals surface area contributed by atoms with Crippen molar-refractivity contribution in [2.45, 2.75) is 12.5 Å². The normalized spacial score (nSPS) is 11.6. The molecule has 3 aromatic rings. The first-order valence-electron chi connectivity index (χ1n) is 7.97. The van der Waals surface area contributed by atoms with Crippen LogP contribution in [0.25, 0.3) is 11.3 Å². The van der Waals surface area contributed by atoms with Gasteiger partial charge in [0.1, 0.15) is 11.7 Å². The molecule has 136 valence electrons. The van der Waals surface area contributed by atoms with Gasteiger partial charge in [0.2, 0.25) is 5.78 Å². The highest BCUT2D eigenvalue weighted by Crippen LogP contribution is 2.20. The third-order valence-electron chi connectivity index (χ3n) is 3.79. The van der Waals surface area contributed by atoms with Crippen molar-refractivity contribution in [1.29, 1.82) is 0 Å². The molecule has 0 aliphatic heterocycles. The third-order valence-corrected chi connectivity index (χ3v) is 4.31. The van der Waals surface area contributed by atoms with E-state index in [4.69, 9.17) is 5.73 Å². The van der Waals surface area contributed by atoms with Gasteiger partial charge in [0, 0.05) is 24.4 Å². The molecule has 1 unspecified atom stereocenters. The summed E-state index contributed by atoms with van der Waals surface area (Å²) in [6.45, 7) is 0. The molecule has 0 saturated heterocycles. The van der Waals surface area contributed by atoms with Gasteiger partial charge in [-0.25, -0.2) is 0 Å². The number of nitrogens with zero attached hydrogens (tertiary/aromatic N) is 3. The van der Waals surface area contributed by atoms with E-state index in [1.807, 2.05) is 6.07 Å². The Kier molecular flexibility index (Phi) is 5.62. The number of rotatable bonds is 7. The molecule has 9 heteroatoms. The number of pyridine rings is 1. The number of nitrogens with one attached hydrogen (secondary N) is 1. The molecule has 3 N–H and O–H groups in total. The summed E-state index contributed by atoms with van der Waals surface area (Å²) in [6, 6.07) is 11.4. The van der Waals surface area contributed by atoms with E-state index >= 15 is 0 Å². The van der Waals surface area contributed by atoms with Gasteiger partial charge in [-0.3, -0.25) is 19.4 Å². The van der Waals surface area contributed by atoms with Gasteiger partial charge in [-0.2, -0.15) is 8.75 Å². The van der Waals surface area contributed by atoms with Crippen LogP contribution in [0.4, 0.5) is 0 Å². The van der Waals surface area contributed by atoms with Crippen LogP contribution in [0.2, 0.25) is 0 Å². The summed E-state index contributed by atoms with van der Waals surface area (Å²) in [4.78, 5) is 40.2. The Morgan fingerprint density at radius 3 is 2.52 bits per heavy atom. The smallest absolute Gasteiger partial charge is 0.287 e. The highest BCUT2D eigenvalue weighted by Gasteiger charge is 2.28. The van der Waals surface area contributed by atoms with Gasteiger partial charge in [-0.1, -0.05) is 30.3 Å². The molecular weight excluding hydrogens is 366 g/mol. The van der Waals surface area contributed by atoms with Gasteiger partial charge in [-0.15, -0.1) is 0 Å². The zero-order valence-electron chi connectivity index (χ0n) is 14.0. The first-order valence-corrected chi connectivity index (χ1v) is 8.70. The van der Waals surface area contributed by atoms with Crippen molar-refractivity contribution in [2.24, 2.45) is 5.73 Å². The Bertz CT molecular complexity index is 959. The molecule has 27 heavy (non-hydrogen) atoms. The fourth-order valence-electron chi connectivity index (χ4n) is 2.49. The molecule has 0 aliphatic carbocycles. The van der Waals surface area contributed by atoms with Crippen LogP contribution in [0, 0.1) is 0 Å². The fraction of sp³-hybridized carbons (Fsp3) is 0.111. The highest BCUT2D eigenvalue weighted by atomic mass is 32.1.